The standard InChI is InChI=1S/C15H22O3S/c1-4-9-19(17,18)15-8-6-5-7-13(15)11-14(16)10-12(2)3/h5-8,12H,4,9-11H2,1-3H3. The summed E-state index contributed by atoms with van der Waals surface area (Å²) in [6.07, 6.45) is 1.27. The van der Waals surface area contributed by atoms with Gasteiger partial charge in [-0.3, -0.25) is 4.79 Å². The van der Waals surface area contributed by atoms with E-state index >= 15 is 0 Å². The maximum Gasteiger partial charge on any atom is 0.178 e. The van der Waals surface area contributed by atoms with Crippen LogP contribution in [0, 0.1) is 5.92 Å². The summed E-state index contributed by atoms with van der Waals surface area (Å²) in [5.41, 5.74) is 0.626. The molecule has 0 saturated heterocycles. The molecule has 0 aliphatic rings. The molecule has 0 unspecified atom stereocenters. The van der Waals surface area contributed by atoms with Crippen LogP contribution in [-0.2, 0) is 21.1 Å². The Balaban J connectivity index is 3.00. The molecule has 0 aliphatic carbocycles. The summed E-state index contributed by atoms with van der Waals surface area (Å²) < 4.78 is 24.3. The third-order valence-electron chi connectivity index (χ3n) is 2.80. The zero-order chi connectivity index (χ0) is 14.5. The van der Waals surface area contributed by atoms with Crippen molar-refractivity contribution in [3.63, 3.8) is 0 Å². The van der Waals surface area contributed by atoms with E-state index in [1.807, 2.05) is 20.8 Å². The summed E-state index contributed by atoms with van der Waals surface area (Å²) in [7, 11) is -3.27. The molecule has 0 atom stereocenters. The molecular formula is C15H22O3S. The van der Waals surface area contributed by atoms with Crippen LogP contribution in [0.2, 0.25) is 0 Å². The fourth-order valence-electron chi connectivity index (χ4n) is 2.07. The van der Waals surface area contributed by atoms with Gasteiger partial charge in [0.15, 0.2) is 9.84 Å². The van der Waals surface area contributed by atoms with Crippen LogP contribution in [0.3, 0.4) is 0 Å². The smallest absolute Gasteiger partial charge is 0.178 e. The van der Waals surface area contributed by atoms with Gasteiger partial charge in [0, 0.05) is 12.8 Å². The number of hydrogen-bond donors (Lipinski definition) is 0. The molecule has 0 aromatic heterocycles. The molecule has 0 bridgehead atoms. The number of benzene rings is 1. The third-order valence-corrected chi connectivity index (χ3v) is 4.82. The van der Waals surface area contributed by atoms with Crippen LogP contribution in [-0.4, -0.2) is 20.0 Å². The van der Waals surface area contributed by atoms with Crippen LogP contribution >= 0.6 is 0 Å². The highest BCUT2D eigenvalue weighted by atomic mass is 32.2. The minimum atomic E-state index is -3.27. The molecule has 106 valence electrons. The quantitative estimate of drug-likeness (QED) is 0.772. The second-order valence-corrected chi connectivity index (χ2v) is 7.32. The van der Waals surface area contributed by atoms with E-state index in [0.717, 1.165) is 0 Å². The second-order valence-electron chi connectivity index (χ2n) is 5.24. The first kappa shape index (κ1) is 15.9. The number of rotatable bonds is 7. The summed E-state index contributed by atoms with van der Waals surface area (Å²) in [5.74, 6) is 0.517. The Hall–Kier alpha value is -1.16. The first-order valence-corrected chi connectivity index (χ1v) is 8.34. The highest BCUT2D eigenvalue weighted by molar-refractivity contribution is 7.91. The molecule has 0 fully saturated rings. The van der Waals surface area contributed by atoms with Gasteiger partial charge < -0.3 is 0 Å². The number of sulfone groups is 1. The van der Waals surface area contributed by atoms with Crippen molar-refractivity contribution in [2.24, 2.45) is 5.92 Å². The van der Waals surface area contributed by atoms with Crippen molar-refractivity contribution in [1.82, 2.24) is 0 Å². The molecule has 4 heteroatoms. The zero-order valence-electron chi connectivity index (χ0n) is 11.8. The minimum absolute atomic E-state index is 0.0918. The number of ketones is 1. The number of hydrogen-bond acceptors (Lipinski definition) is 3. The van der Waals surface area contributed by atoms with Crippen LogP contribution in [0.15, 0.2) is 29.2 Å². The van der Waals surface area contributed by atoms with Gasteiger partial charge in [0.2, 0.25) is 0 Å². The Morgan fingerprint density at radius 3 is 2.42 bits per heavy atom. The van der Waals surface area contributed by atoms with E-state index in [1.54, 1.807) is 24.3 Å². The van der Waals surface area contributed by atoms with E-state index in [0.29, 0.717) is 29.2 Å². The monoisotopic (exact) mass is 282 g/mol. The first-order chi connectivity index (χ1) is 8.86. The van der Waals surface area contributed by atoms with Gasteiger partial charge in [0.1, 0.15) is 5.78 Å². The van der Waals surface area contributed by atoms with Gasteiger partial charge in [-0.25, -0.2) is 8.42 Å². The Morgan fingerprint density at radius 2 is 1.84 bits per heavy atom. The fourth-order valence-corrected chi connectivity index (χ4v) is 3.65. The average molecular weight is 282 g/mol. The van der Waals surface area contributed by atoms with E-state index in [4.69, 9.17) is 0 Å². The van der Waals surface area contributed by atoms with Gasteiger partial charge >= 0.3 is 0 Å². The molecule has 1 rings (SSSR count). The summed E-state index contributed by atoms with van der Waals surface area (Å²) in [5, 5.41) is 0. The van der Waals surface area contributed by atoms with Gasteiger partial charge in [-0.2, -0.15) is 0 Å². The van der Waals surface area contributed by atoms with Crippen LogP contribution in [0.5, 0.6) is 0 Å². The second kappa shape index (κ2) is 6.85. The molecular weight excluding hydrogens is 260 g/mol. The van der Waals surface area contributed by atoms with E-state index in [-0.39, 0.29) is 18.0 Å². The van der Waals surface area contributed by atoms with E-state index in [1.165, 1.54) is 0 Å². The molecule has 0 aliphatic heterocycles. The van der Waals surface area contributed by atoms with Crippen LogP contribution < -0.4 is 0 Å². The third kappa shape index (κ3) is 4.78. The molecule has 0 radical (unpaired) electrons. The van der Waals surface area contributed by atoms with Crippen molar-refractivity contribution in [2.45, 2.75) is 44.9 Å². The normalized spacial score (nSPS) is 11.8. The predicted molar refractivity (Wildman–Crippen MR) is 77.0 cm³/mol. The number of Topliss-reactive ketones (excluding diaryl/α,β-unsaturated/α-hetero) is 1. The topological polar surface area (TPSA) is 51.2 Å². The molecule has 19 heavy (non-hydrogen) atoms. The molecule has 0 spiro atoms. The lowest BCUT2D eigenvalue weighted by Crippen LogP contribution is -2.12. The maximum atomic E-state index is 12.1. The molecule has 0 amide bonds. The van der Waals surface area contributed by atoms with Crippen LogP contribution in [0.25, 0.3) is 0 Å². The Labute approximate surface area is 116 Å². The Kier molecular flexibility index (Phi) is 5.73. The van der Waals surface area contributed by atoms with Gasteiger partial charge in [-0.15, -0.1) is 0 Å². The van der Waals surface area contributed by atoms with Crippen molar-refractivity contribution in [2.75, 3.05) is 5.75 Å². The first-order valence-electron chi connectivity index (χ1n) is 6.69. The van der Waals surface area contributed by atoms with Crippen LogP contribution in [0.4, 0.5) is 0 Å². The van der Waals surface area contributed by atoms with Crippen molar-refractivity contribution >= 4 is 15.6 Å². The maximum absolute atomic E-state index is 12.1. The molecule has 0 N–H and O–H groups in total. The molecule has 1 aromatic carbocycles. The van der Waals surface area contributed by atoms with Gasteiger partial charge in [-0.05, 0) is 24.0 Å². The SMILES string of the molecule is CCCS(=O)(=O)c1ccccc1CC(=O)CC(C)C. The van der Waals surface area contributed by atoms with Crippen molar-refractivity contribution in [1.29, 1.82) is 0 Å². The fraction of sp³-hybridized carbons (Fsp3) is 0.533. The van der Waals surface area contributed by atoms with Gasteiger partial charge in [-0.1, -0.05) is 39.0 Å². The average Bonchev–Trinajstić information content (AvgIpc) is 2.28. The van der Waals surface area contributed by atoms with Crippen molar-refractivity contribution < 1.29 is 13.2 Å². The molecule has 1 aromatic rings. The lowest BCUT2D eigenvalue weighted by Gasteiger charge is -2.10. The van der Waals surface area contributed by atoms with E-state index in [2.05, 4.69) is 0 Å². The lowest BCUT2D eigenvalue weighted by atomic mass is 10.0. The Bertz CT molecular complexity index is 530. The summed E-state index contributed by atoms with van der Waals surface area (Å²) >= 11 is 0. The largest absolute Gasteiger partial charge is 0.299 e. The molecule has 3 nitrogen and oxygen atoms in total. The molecule has 0 saturated carbocycles. The van der Waals surface area contributed by atoms with Crippen molar-refractivity contribution in [3.8, 4) is 0 Å². The predicted octanol–water partition coefficient (Wildman–Crippen LogP) is 3.03. The van der Waals surface area contributed by atoms with Crippen molar-refractivity contribution in [3.05, 3.63) is 29.8 Å². The minimum Gasteiger partial charge on any atom is -0.299 e. The van der Waals surface area contributed by atoms with E-state index < -0.39 is 9.84 Å². The Morgan fingerprint density at radius 1 is 1.21 bits per heavy atom. The van der Waals surface area contributed by atoms with Gasteiger partial charge in [0.25, 0.3) is 0 Å². The highest BCUT2D eigenvalue weighted by Gasteiger charge is 2.18. The number of carbonyl (C=O) groups excluding carboxylic acids is 1. The lowest BCUT2D eigenvalue weighted by molar-refractivity contribution is -0.119. The number of carbonyl (C=O) groups is 1. The zero-order valence-corrected chi connectivity index (χ0v) is 12.7. The van der Waals surface area contributed by atoms with Gasteiger partial charge in [0.05, 0.1) is 10.6 Å². The van der Waals surface area contributed by atoms with Crippen LogP contribution in [0.1, 0.15) is 39.2 Å². The highest BCUT2D eigenvalue weighted by Crippen LogP contribution is 2.19. The summed E-state index contributed by atoms with van der Waals surface area (Å²) in [6.45, 7) is 5.80. The summed E-state index contributed by atoms with van der Waals surface area (Å²) in [4.78, 5) is 12.2. The van der Waals surface area contributed by atoms with E-state index in [9.17, 15) is 13.2 Å². The summed E-state index contributed by atoms with van der Waals surface area (Å²) in [6, 6.07) is 6.83. The molecule has 0 heterocycles.